The van der Waals surface area contributed by atoms with Crippen molar-refractivity contribution in [2.45, 2.75) is 25.7 Å². The summed E-state index contributed by atoms with van der Waals surface area (Å²) in [6.45, 7) is 3.95. The lowest BCUT2D eigenvalue weighted by Gasteiger charge is -2.32. The molecule has 2 aromatic rings. The van der Waals surface area contributed by atoms with E-state index in [2.05, 4.69) is 19.1 Å². The molecular weight excluding hydrogens is 248 g/mol. The maximum Gasteiger partial charge on any atom is 0.0553 e. The van der Waals surface area contributed by atoms with Gasteiger partial charge in [-0.25, -0.2) is 0 Å². The average molecular weight is 270 g/mol. The van der Waals surface area contributed by atoms with Gasteiger partial charge in [0, 0.05) is 5.41 Å². The van der Waals surface area contributed by atoms with Crippen molar-refractivity contribution in [3.05, 3.63) is 70.8 Å². The van der Waals surface area contributed by atoms with Crippen LogP contribution in [-0.4, -0.2) is 23.4 Å². The average Bonchev–Trinajstić information content (AvgIpc) is 2.48. The van der Waals surface area contributed by atoms with Crippen molar-refractivity contribution in [3.8, 4) is 0 Å². The van der Waals surface area contributed by atoms with Crippen molar-refractivity contribution in [1.29, 1.82) is 0 Å². The van der Waals surface area contributed by atoms with Gasteiger partial charge in [-0.3, -0.25) is 0 Å². The Bertz CT molecular complexity index is 571. The first kappa shape index (κ1) is 14.8. The molecule has 2 N–H and O–H groups in total. The highest BCUT2D eigenvalue weighted by Crippen LogP contribution is 2.31. The summed E-state index contributed by atoms with van der Waals surface area (Å²) < 4.78 is 0. The van der Waals surface area contributed by atoms with Crippen LogP contribution < -0.4 is 0 Å². The van der Waals surface area contributed by atoms with Gasteiger partial charge in [-0.1, -0.05) is 48.5 Å². The maximum absolute atomic E-state index is 9.95. The minimum atomic E-state index is -0.628. The quantitative estimate of drug-likeness (QED) is 0.877. The lowest BCUT2D eigenvalue weighted by Crippen LogP contribution is -2.38. The zero-order chi connectivity index (χ0) is 14.6. The van der Waals surface area contributed by atoms with E-state index < -0.39 is 5.41 Å². The Labute approximate surface area is 120 Å². The molecule has 0 unspecified atom stereocenters. The highest BCUT2D eigenvalue weighted by molar-refractivity contribution is 5.37. The molecule has 0 fully saturated rings. The molecule has 0 bridgehead atoms. The fraction of sp³-hybridized carbons (Fsp3) is 0.333. The standard InChI is InChI=1S/C18H22O2/c1-14-7-3-5-9-16(14)11-18(12-19,13-20)17-10-6-4-8-15(17)2/h3-10,19-20H,11-13H2,1-2H3. The fourth-order valence-corrected chi connectivity index (χ4v) is 2.77. The zero-order valence-corrected chi connectivity index (χ0v) is 12.1. The van der Waals surface area contributed by atoms with Crippen molar-refractivity contribution >= 4 is 0 Å². The molecule has 0 amide bonds. The second kappa shape index (κ2) is 6.21. The van der Waals surface area contributed by atoms with E-state index in [4.69, 9.17) is 0 Å². The molecule has 0 atom stereocenters. The van der Waals surface area contributed by atoms with Crippen molar-refractivity contribution in [2.24, 2.45) is 0 Å². The Kier molecular flexibility index (Phi) is 4.58. The van der Waals surface area contributed by atoms with E-state index in [0.717, 1.165) is 11.1 Å². The van der Waals surface area contributed by atoms with Crippen molar-refractivity contribution in [1.82, 2.24) is 0 Å². The van der Waals surface area contributed by atoms with Gasteiger partial charge in [0.1, 0.15) is 0 Å². The molecule has 2 nitrogen and oxygen atoms in total. The highest BCUT2D eigenvalue weighted by atomic mass is 16.3. The van der Waals surface area contributed by atoms with Crippen LogP contribution in [0.1, 0.15) is 22.3 Å². The largest absolute Gasteiger partial charge is 0.395 e. The van der Waals surface area contributed by atoms with E-state index in [-0.39, 0.29) is 13.2 Å². The number of hydrogen-bond acceptors (Lipinski definition) is 2. The Balaban J connectivity index is 2.46. The third-order valence-electron chi connectivity index (χ3n) is 4.11. The molecule has 0 radical (unpaired) electrons. The molecular formula is C18H22O2. The second-order valence-electron chi connectivity index (χ2n) is 5.51. The molecule has 2 aromatic carbocycles. The summed E-state index contributed by atoms with van der Waals surface area (Å²) in [6, 6.07) is 16.1. The fourth-order valence-electron chi connectivity index (χ4n) is 2.77. The second-order valence-corrected chi connectivity index (χ2v) is 5.51. The number of rotatable bonds is 5. The predicted octanol–water partition coefficient (Wildman–Crippen LogP) is 2.77. The monoisotopic (exact) mass is 270 g/mol. The van der Waals surface area contributed by atoms with Gasteiger partial charge < -0.3 is 10.2 Å². The number of benzene rings is 2. The maximum atomic E-state index is 9.95. The van der Waals surface area contributed by atoms with E-state index >= 15 is 0 Å². The predicted molar refractivity (Wildman–Crippen MR) is 81.9 cm³/mol. The summed E-state index contributed by atoms with van der Waals surface area (Å²) in [4.78, 5) is 0. The molecule has 0 aliphatic heterocycles. The van der Waals surface area contributed by atoms with Gasteiger partial charge in [0.05, 0.1) is 13.2 Å². The van der Waals surface area contributed by atoms with Gasteiger partial charge in [0.2, 0.25) is 0 Å². The van der Waals surface area contributed by atoms with E-state index in [1.807, 2.05) is 43.3 Å². The third kappa shape index (κ3) is 2.77. The van der Waals surface area contributed by atoms with Crippen molar-refractivity contribution in [2.75, 3.05) is 13.2 Å². The summed E-state index contributed by atoms with van der Waals surface area (Å²) in [5.74, 6) is 0. The van der Waals surface area contributed by atoms with E-state index in [9.17, 15) is 10.2 Å². The summed E-state index contributed by atoms with van der Waals surface area (Å²) >= 11 is 0. The van der Waals surface area contributed by atoms with Crippen LogP contribution >= 0.6 is 0 Å². The van der Waals surface area contributed by atoms with Crippen LogP contribution in [0, 0.1) is 13.8 Å². The molecule has 0 aliphatic carbocycles. The van der Waals surface area contributed by atoms with Gasteiger partial charge in [0.15, 0.2) is 0 Å². The molecule has 2 heteroatoms. The zero-order valence-electron chi connectivity index (χ0n) is 12.1. The summed E-state index contributed by atoms with van der Waals surface area (Å²) in [5, 5.41) is 19.9. The Morgan fingerprint density at radius 1 is 0.800 bits per heavy atom. The molecule has 0 saturated heterocycles. The van der Waals surface area contributed by atoms with Crippen molar-refractivity contribution < 1.29 is 10.2 Å². The molecule has 0 aliphatic rings. The minimum Gasteiger partial charge on any atom is -0.395 e. The van der Waals surface area contributed by atoms with Crippen LogP contribution in [-0.2, 0) is 11.8 Å². The van der Waals surface area contributed by atoms with E-state index in [1.165, 1.54) is 11.1 Å². The molecule has 0 saturated carbocycles. The van der Waals surface area contributed by atoms with Gasteiger partial charge in [-0.2, -0.15) is 0 Å². The third-order valence-corrected chi connectivity index (χ3v) is 4.11. The highest BCUT2D eigenvalue weighted by Gasteiger charge is 2.32. The van der Waals surface area contributed by atoms with Crippen LogP contribution in [0.3, 0.4) is 0 Å². The van der Waals surface area contributed by atoms with Crippen LogP contribution in [0.25, 0.3) is 0 Å². The van der Waals surface area contributed by atoms with Crippen molar-refractivity contribution in [3.63, 3.8) is 0 Å². The van der Waals surface area contributed by atoms with Gasteiger partial charge >= 0.3 is 0 Å². The number of aliphatic hydroxyl groups is 2. The molecule has 0 aromatic heterocycles. The topological polar surface area (TPSA) is 40.5 Å². The van der Waals surface area contributed by atoms with Gasteiger partial charge in [0.25, 0.3) is 0 Å². The normalized spacial score (nSPS) is 11.6. The first-order valence-corrected chi connectivity index (χ1v) is 6.95. The van der Waals surface area contributed by atoms with Crippen LogP contribution in [0.15, 0.2) is 48.5 Å². The summed E-state index contributed by atoms with van der Waals surface area (Å²) in [7, 11) is 0. The molecule has 20 heavy (non-hydrogen) atoms. The molecule has 2 rings (SSSR count). The lowest BCUT2D eigenvalue weighted by molar-refractivity contribution is 0.115. The van der Waals surface area contributed by atoms with Crippen LogP contribution in [0.5, 0.6) is 0 Å². The number of aliphatic hydroxyl groups excluding tert-OH is 2. The molecule has 0 heterocycles. The smallest absolute Gasteiger partial charge is 0.0553 e. The molecule has 106 valence electrons. The lowest BCUT2D eigenvalue weighted by atomic mass is 9.74. The summed E-state index contributed by atoms with van der Waals surface area (Å²) in [5.41, 5.74) is 3.85. The number of aryl methyl sites for hydroxylation is 2. The Hall–Kier alpha value is -1.64. The first-order valence-electron chi connectivity index (χ1n) is 6.95. The number of hydrogen-bond donors (Lipinski definition) is 2. The Morgan fingerprint density at radius 2 is 1.35 bits per heavy atom. The minimum absolute atomic E-state index is 0.0668. The molecule has 0 spiro atoms. The Morgan fingerprint density at radius 3 is 1.90 bits per heavy atom. The van der Waals surface area contributed by atoms with E-state index in [1.54, 1.807) is 0 Å². The van der Waals surface area contributed by atoms with Gasteiger partial charge in [-0.05, 0) is 42.5 Å². The van der Waals surface area contributed by atoms with Crippen LogP contribution in [0.4, 0.5) is 0 Å². The summed E-state index contributed by atoms with van der Waals surface area (Å²) in [6.07, 6.45) is 0.636. The first-order chi connectivity index (χ1) is 9.63. The van der Waals surface area contributed by atoms with E-state index in [0.29, 0.717) is 6.42 Å². The SMILES string of the molecule is Cc1ccccc1CC(CO)(CO)c1ccccc1C. The van der Waals surface area contributed by atoms with Crippen LogP contribution in [0.2, 0.25) is 0 Å². The van der Waals surface area contributed by atoms with Gasteiger partial charge in [-0.15, -0.1) is 0 Å².